The van der Waals surface area contributed by atoms with Crippen LogP contribution in [0.1, 0.15) is 27.7 Å². The number of hydrogen-bond donors (Lipinski definition) is 0. The summed E-state index contributed by atoms with van der Waals surface area (Å²) < 4.78 is 0. The highest BCUT2D eigenvalue weighted by atomic mass is 79.9. The van der Waals surface area contributed by atoms with Gasteiger partial charge >= 0.3 is 0 Å². The Bertz CT molecular complexity index is 124. The first kappa shape index (κ1) is 10.2. The first-order valence-corrected chi connectivity index (χ1v) is 4.58. The maximum absolute atomic E-state index is 11.0. The lowest BCUT2D eigenvalue weighted by molar-refractivity contribution is -0.122. The normalized spacial score (nSPS) is 14.9. The average Bonchev–Trinajstić information content (AvgIpc) is 1.60. The second kappa shape index (κ2) is 3.51. The van der Waals surface area contributed by atoms with E-state index in [0.717, 1.165) is 5.33 Å². The van der Waals surface area contributed by atoms with E-state index in [1.54, 1.807) is 6.92 Å². The van der Waals surface area contributed by atoms with Crippen molar-refractivity contribution >= 4 is 21.7 Å². The van der Waals surface area contributed by atoms with Crippen molar-refractivity contribution in [1.82, 2.24) is 0 Å². The number of Topliss-reactive ketones (excluding diaryl/α,β-unsaturated/α-hetero) is 1. The van der Waals surface area contributed by atoms with E-state index in [2.05, 4.69) is 36.7 Å². The van der Waals surface area contributed by atoms with Crippen molar-refractivity contribution in [3.8, 4) is 0 Å². The first-order valence-electron chi connectivity index (χ1n) is 3.46. The lowest BCUT2D eigenvalue weighted by Gasteiger charge is -2.26. The Hall–Kier alpha value is 0.150. The SMILES string of the molecule is CC(=O)C(CBr)C(C)(C)C. The molecule has 0 fully saturated rings. The van der Waals surface area contributed by atoms with Crippen molar-refractivity contribution in [2.24, 2.45) is 11.3 Å². The van der Waals surface area contributed by atoms with Gasteiger partial charge in [-0.1, -0.05) is 36.7 Å². The molecule has 0 saturated carbocycles. The summed E-state index contributed by atoms with van der Waals surface area (Å²) in [6, 6.07) is 0. The molecular formula is C8H15BrO. The molecule has 0 aliphatic rings. The third-order valence-electron chi connectivity index (χ3n) is 1.69. The molecule has 1 nitrogen and oxygen atoms in total. The quantitative estimate of drug-likeness (QED) is 0.636. The van der Waals surface area contributed by atoms with E-state index < -0.39 is 0 Å². The molecule has 1 unspecified atom stereocenters. The third-order valence-corrected chi connectivity index (χ3v) is 2.34. The molecule has 0 aliphatic heterocycles. The molecule has 0 N–H and O–H groups in total. The van der Waals surface area contributed by atoms with Gasteiger partial charge in [-0.05, 0) is 12.3 Å². The molecule has 1 atom stereocenters. The zero-order valence-electron chi connectivity index (χ0n) is 7.07. The average molecular weight is 207 g/mol. The fourth-order valence-corrected chi connectivity index (χ4v) is 2.38. The van der Waals surface area contributed by atoms with Gasteiger partial charge in [0.05, 0.1) is 0 Å². The molecule has 0 aromatic heterocycles. The number of alkyl halides is 1. The molecule has 0 spiro atoms. The molecular weight excluding hydrogens is 192 g/mol. The number of hydrogen-bond acceptors (Lipinski definition) is 1. The van der Waals surface area contributed by atoms with E-state index >= 15 is 0 Å². The molecule has 0 saturated heterocycles. The molecule has 0 aliphatic carbocycles. The molecule has 0 radical (unpaired) electrons. The molecule has 2 heteroatoms. The maximum Gasteiger partial charge on any atom is 0.134 e. The standard InChI is InChI=1S/C8H15BrO/c1-6(10)7(5-9)8(2,3)4/h7H,5H2,1-4H3. The van der Waals surface area contributed by atoms with E-state index in [-0.39, 0.29) is 17.1 Å². The van der Waals surface area contributed by atoms with Gasteiger partial charge in [0.25, 0.3) is 0 Å². The van der Waals surface area contributed by atoms with E-state index in [9.17, 15) is 4.79 Å². The second-order valence-electron chi connectivity index (χ2n) is 3.68. The topological polar surface area (TPSA) is 17.1 Å². The molecule has 0 aromatic carbocycles. The highest BCUT2D eigenvalue weighted by Crippen LogP contribution is 2.27. The van der Waals surface area contributed by atoms with Crippen LogP contribution >= 0.6 is 15.9 Å². The van der Waals surface area contributed by atoms with Crippen LogP contribution in [0.2, 0.25) is 0 Å². The highest BCUT2D eigenvalue weighted by molar-refractivity contribution is 9.09. The van der Waals surface area contributed by atoms with Gasteiger partial charge < -0.3 is 0 Å². The van der Waals surface area contributed by atoms with Gasteiger partial charge in [-0.15, -0.1) is 0 Å². The lowest BCUT2D eigenvalue weighted by Crippen LogP contribution is -2.27. The zero-order valence-corrected chi connectivity index (χ0v) is 8.66. The highest BCUT2D eigenvalue weighted by Gasteiger charge is 2.26. The van der Waals surface area contributed by atoms with Gasteiger partial charge in [0.1, 0.15) is 5.78 Å². The largest absolute Gasteiger partial charge is 0.300 e. The summed E-state index contributed by atoms with van der Waals surface area (Å²) >= 11 is 3.33. The van der Waals surface area contributed by atoms with Gasteiger partial charge in [-0.3, -0.25) is 4.79 Å². The summed E-state index contributed by atoms with van der Waals surface area (Å²) in [5.74, 6) is 0.414. The van der Waals surface area contributed by atoms with Crippen LogP contribution < -0.4 is 0 Å². The van der Waals surface area contributed by atoms with Crippen molar-refractivity contribution < 1.29 is 4.79 Å². The molecule has 0 amide bonds. The van der Waals surface area contributed by atoms with Crippen LogP contribution in [0.15, 0.2) is 0 Å². The molecule has 0 aromatic rings. The van der Waals surface area contributed by atoms with Gasteiger partial charge in [-0.2, -0.15) is 0 Å². The molecule has 0 heterocycles. The molecule has 0 rings (SSSR count). The second-order valence-corrected chi connectivity index (χ2v) is 4.33. The van der Waals surface area contributed by atoms with E-state index in [1.165, 1.54) is 0 Å². The van der Waals surface area contributed by atoms with Gasteiger partial charge in [0.2, 0.25) is 0 Å². The predicted octanol–water partition coefficient (Wildman–Crippen LogP) is 2.63. The Kier molecular flexibility index (Phi) is 3.57. The third kappa shape index (κ3) is 2.82. The Balaban J connectivity index is 4.22. The molecule has 10 heavy (non-hydrogen) atoms. The summed E-state index contributed by atoms with van der Waals surface area (Å²) in [4.78, 5) is 11.0. The van der Waals surface area contributed by atoms with Gasteiger partial charge in [0, 0.05) is 11.2 Å². The minimum atomic E-state index is 0.0926. The summed E-state index contributed by atoms with van der Waals surface area (Å²) in [5.41, 5.74) is 0.0926. The van der Waals surface area contributed by atoms with Gasteiger partial charge in [0.15, 0.2) is 0 Å². The molecule has 0 bridgehead atoms. The number of rotatable bonds is 2. The number of halogens is 1. The Morgan fingerprint density at radius 1 is 1.50 bits per heavy atom. The first-order chi connectivity index (χ1) is 4.39. The molecule has 60 valence electrons. The van der Waals surface area contributed by atoms with Crippen molar-refractivity contribution in [3.05, 3.63) is 0 Å². The van der Waals surface area contributed by atoms with Crippen molar-refractivity contribution in [3.63, 3.8) is 0 Å². The smallest absolute Gasteiger partial charge is 0.134 e. The predicted molar refractivity (Wildman–Crippen MR) is 47.4 cm³/mol. The van der Waals surface area contributed by atoms with Gasteiger partial charge in [-0.25, -0.2) is 0 Å². The number of carbonyl (C=O) groups is 1. The van der Waals surface area contributed by atoms with Crippen LogP contribution in [-0.2, 0) is 4.79 Å². The van der Waals surface area contributed by atoms with Crippen molar-refractivity contribution in [2.75, 3.05) is 5.33 Å². The van der Waals surface area contributed by atoms with Crippen LogP contribution in [0, 0.1) is 11.3 Å². The van der Waals surface area contributed by atoms with Crippen LogP contribution in [0.5, 0.6) is 0 Å². The summed E-state index contributed by atoms with van der Waals surface area (Å²) in [6.45, 7) is 7.90. The van der Waals surface area contributed by atoms with Crippen LogP contribution in [0.4, 0.5) is 0 Å². The van der Waals surface area contributed by atoms with E-state index in [0.29, 0.717) is 0 Å². The fourth-order valence-electron chi connectivity index (χ4n) is 0.950. The number of carbonyl (C=O) groups excluding carboxylic acids is 1. The lowest BCUT2D eigenvalue weighted by atomic mass is 9.80. The monoisotopic (exact) mass is 206 g/mol. The van der Waals surface area contributed by atoms with Crippen molar-refractivity contribution in [1.29, 1.82) is 0 Å². The van der Waals surface area contributed by atoms with Crippen molar-refractivity contribution in [2.45, 2.75) is 27.7 Å². The van der Waals surface area contributed by atoms with Crippen LogP contribution in [-0.4, -0.2) is 11.1 Å². The Labute approximate surface area is 71.3 Å². The zero-order chi connectivity index (χ0) is 8.36. The Morgan fingerprint density at radius 3 is 1.90 bits per heavy atom. The summed E-state index contributed by atoms with van der Waals surface area (Å²) in [7, 11) is 0. The summed E-state index contributed by atoms with van der Waals surface area (Å²) in [6.07, 6.45) is 0. The minimum absolute atomic E-state index is 0.0926. The maximum atomic E-state index is 11.0. The summed E-state index contributed by atoms with van der Waals surface area (Å²) in [5, 5.41) is 0.770. The van der Waals surface area contributed by atoms with E-state index in [4.69, 9.17) is 0 Å². The van der Waals surface area contributed by atoms with Crippen LogP contribution in [0.3, 0.4) is 0 Å². The minimum Gasteiger partial charge on any atom is -0.300 e. The number of ketones is 1. The van der Waals surface area contributed by atoms with E-state index in [1.807, 2.05) is 0 Å². The fraction of sp³-hybridized carbons (Fsp3) is 0.875. The Morgan fingerprint density at radius 2 is 1.90 bits per heavy atom. The van der Waals surface area contributed by atoms with Crippen LogP contribution in [0.25, 0.3) is 0 Å².